The molecule has 0 spiro atoms. The molecular formula is C12H11BF6O8. The Labute approximate surface area is 147 Å². The number of carbonyl (C=O) groups excluding carboxylic acids is 3. The summed E-state index contributed by atoms with van der Waals surface area (Å²) in [7, 11) is -0.815. The van der Waals surface area contributed by atoms with Crippen LogP contribution < -0.4 is 0 Å². The van der Waals surface area contributed by atoms with Crippen molar-refractivity contribution in [1.82, 2.24) is 0 Å². The Morgan fingerprint density at radius 2 is 1.67 bits per heavy atom. The summed E-state index contributed by atoms with van der Waals surface area (Å²) in [5.41, 5.74) is 0. The number of hydrogen-bond donors (Lipinski definition) is 0. The average molecular weight is 408 g/mol. The maximum Gasteiger partial charge on any atom is 0.490 e. The van der Waals surface area contributed by atoms with Gasteiger partial charge in [0.25, 0.3) is 0 Å². The van der Waals surface area contributed by atoms with Crippen molar-refractivity contribution in [3.05, 3.63) is 0 Å². The average Bonchev–Trinajstić information content (AvgIpc) is 3.12. The zero-order chi connectivity index (χ0) is 20.6. The Hall–Kier alpha value is -2.03. The maximum absolute atomic E-state index is 12.5. The van der Waals surface area contributed by atoms with E-state index in [1.165, 1.54) is 0 Å². The van der Waals surface area contributed by atoms with Crippen molar-refractivity contribution in [2.45, 2.75) is 50.0 Å². The van der Waals surface area contributed by atoms with Gasteiger partial charge in [-0.2, -0.15) is 26.3 Å². The fourth-order valence-corrected chi connectivity index (χ4v) is 2.34. The highest BCUT2D eigenvalue weighted by Gasteiger charge is 2.58. The second-order valence-electron chi connectivity index (χ2n) is 5.44. The Bertz CT molecular complexity index is 608. The molecule has 0 N–H and O–H groups in total. The van der Waals surface area contributed by atoms with Crippen LogP contribution in [0.15, 0.2) is 0 Å². The van der Waals surface area contributed by atoms with Crippen LogP contribution in [0.25, 0.3) is 0 Å². The lowest BCUT2D eigenvalue weighted by molar-refractivity contribution is -0.220. The van der Waals surface area contributed by atoms with Crippen LogP contribution in [0.3, 0.4) is 0 Å². The molecule has 0 aromatic carbocycles. The van der Waals surface area contributed by atoms with E-state index in [9.17, 15) is 40.7 Å². The van der Waals surface area contributed by atoms with Crippen molar-refractivity contribution in [3.63, 3.8) is 0 Å². The molecule has 0 aromatic heterocycles. The number of hydrogen-bond acceptors (Lipinski definition) is 8. The summed E-state index contributed by atoms with van der Waals surface area (Å²) in [5.74, 6) is -7.30. The molecule has 2 aliphatic rings. The van der Waals surface area contributed by atoms with Gasteiger partial charge in [-0.3, -0.25) is 0 Å². The van der Waals surface area contributed by atoms with E-state index in [1.807, 2.05) is 0 Å². The van der Waals surface area contributed by atoms with Gasteiger partial charge < -0.3 is 23.5 Å². The Morgan fingerprint density at radius 3 is 2.15 bits per heavy atom. The largest absolute Gasteiger partial charge is 0.490 e. The first-order valence-electron chi connectivity index (χ1n) is 7.37. The van der Waals surface area contributed by atoms with Crippen LogP contribution >= 0.6 is 0 Å². The summed E-state index contributed by atoms with van der Waals surface area (Å²) in [6.45, 7) is 1.32. The Morgan fingerprint density at radius 1 is 1.11 bits per heavy atom. The second kappa shape index (κ2) is 7.54. The molecule has 0 radical (unpaired) electrons. The first-order valence-corrected chi connectivity index (χ1v) is 7.37. The van der Waals surface area contributed by atoms with E-state index in [1.54, 1.807) is 6.92 Å². The third-order valence-corrected chi connectivity index (χ3v) is 3.52. The lowest BCUT2D eigenvalue weighted by atomic mass is 9.87. The lowest BCUT2D eigenvalue weighted by Gasteiger charge is -2.25. The van der Waals surface area contributed by atoms with Gasteiger partial charge in [-0.05, 0) is 6.32 Å². The lowest BCUT2D eigenvalue weighted by Crippen LogP contribution is -2.47. The molecule has 0 aliphatic carbocycles. The zero-order valence-corrected chi connectivity index (χ0v) is 13.3. The van der Waals surface area contributed by atoms with Crippen LogP contribution in [0.2, 0.25) is 6.32 Å². The fourth-order valence-electron chi connectivity index (χ4n) is 2.34. The quantitative estimate of drug-likeness (QED) is 0.292. The highest BCUT2D eigenvalue weighted by molar-refractivity contribution is 6.44. The van der Waals surface area contributed by atoms with Crippen molar-refractivity contribution in [3.8, 4) is 0 Å². The first-order chi connectivity index (χ1) is 12.3. The van der Waals surface area contributed by atoms with Gasteiger partial charge in [0.2, 0.25) is 6.10 Å². The number of rotatable bonds is 4. The third kappa shape index (κ3) is 4.83. The highest BCUT2D eigenvalue weighted by atomic mass is 19.4. The molecule has 0 amide bonds. The van der Waals surface area contributed by atoms with Gasteiger partial charge in [0, 0.05) is 0 Å². The Kier molecular flexibility index (Phi) is 5.94. The van der Waals surface area contributed by atoms with Gasteiger partial charge >= 0.3 is 37.4 Å². The van der Waals surface area contributed by atoms with Crippen molar-refractivity contribution in [2.75, 3.05) is 6.61 Å². The number of halogens is 6. The summed E-state index contributed by atoms with van der Waals surface area (Å²) in [6.07, 6.45) is -18.7. The van der Waals surface area contributed by atoms with Gasteiger partial charge in [0.05, 0.1) is 6.61 Å². The summed E-state index contributed by atoms with van der Waals surface area (Å²) >= 11 is 0. The first kappa shape index (κ1) is 21.3. The molecule has 4 unspecified atom stereocenters. The molecule has 0 aromatic rings. The molecule has 0 saturated carbocycles. The van der Waals surface area contributed by atoms with E-state index in [0.29, 0.717) is 6.32 Å². The number of cyclic esters (lactones) is 1. The number of ether oxygens (including phenoxy) is 3. The van der Waals surface area contributed by atoms with E-state index >= 15 is 0 Å². The maximum atomic E-state index is 12.5. The van der Waals surface area contributed by atoms with Crippen molar-refractivity contribution in [2.24, 2.45) is 0 Å². The molecule has 2 saturated heterocycles. The highest BCUT2D eigenvalue weighted by Crippen LogP contribution is 2.32. The number of esters is 3. The molecule has 2 aliphatic heterocycles. The monoisotopic (exact) mass is 408 g/mol. The third-order valence-electron chi connectivity index (χ3n) is 3.52. The van der Waals surface area contributed by atoms with Crippen molar-refractivity contribution < 1.29 is 64.2 Å². The van der Waals surface area contributed by atoms with Crippen molar-refractivity contribution >= 4 is 25.0 Å². The summed E-state index contributed by atoms with van der Waals surface area (Å²) in [6, 6.07) is 0. The summed E-state index contributed by atoms with van der Waals surface area (Å²) in [4.78, 5) is 33.8. The standard InChI is InChI=1S/C12H11BF6O8/c1-2-13-23-3-4(27-13)5-6(25-9(21)11(14,15)16)7(8(20)24-5)26-10(22)12(17,18)19/h4-7H,2-3H2,1H3. The fraction of sp³-hybridized carbons (Fsp3) is 0.750. The molecule has 2 heterocycles. The number of alkyl halides is 6. The van der Waals surface area contributed by atoms with Gasteiger partial charge in [-0.25, -0.2) is 14.4 Å². The van der Waals surface area contributed by atoms with E-state index < -0.39 is 61.8 Å². The van der Waals surface area contributed by atoms with E-state index in [2.05, 4.69) is 14.2 Å². The van der Waals surface area contributed by atoms with Crippen LogP contribution in [-0.4, -0.2) is 68.4 Å². The number of carbonyl (C=O) groups is 3. The molecular weight excluding hydrogens is 397 g/mol. The van der Waals surface area contributed by atoms with Gasteiger partial charge in [-0.15, -0.1) is 0 Å². The minimum Gasteiger partial charge on any atom is -0.453 e. The second-order valence-corrected chi connectivity index (χ2v) is 5.44. The predicted molar refractivity (Wildman–Crippen MR) is 68.8 cm³/mol. The molecule has 2 fully saturated rings. The van der Waals surface area contributed by atoms with Crippen LogP contribution in [0.5, 0.6) is 0 Å². The zero-order valence-electron chi connectivity index (χ0n) is 13.3. The van der Waals surface area contributed by atoms with E-state index in [-0.39, 0.29) is 6.61 Å². The predicted octanol–water partition coefficient (Wildman–Crippen LogP) is 0.783. The Balaban J connectivity index is 2.24. The normalized spacial score (nSPS) is 28.9. The van der Waals surface area contributed by atoms with Crippen LogP contribution in [0, 0.1) is 0 Å². The smallest absolute Gasteiger partial charge is 0.453 e. The minimum atomic E-state index is -5.54. The van der Waals surface area contributed by atoms with Gasteiger partial charge in [-0.1, -0.05) is 6.92 Å². The van der Waals surface area contributed by atoms with Crippen molar-refractivity contribution in [1.29, 1.82) is 0 Å². The molecule has 8 nitrogen and oxygen atoms in total. The minimum absolute atomic E-state index is 0.302. The van der Waals surface area contributed by atoms with Crippen LogP contribution in [-0.2, 0) is 37.9 Å². The topological polar surface area (TPSA) is 97.4 Å². The molecule has 4 atom stereocenters. The summed E-state index contributed by atoms with van der Waals surface area (Å²) < 4.78 is 97.3. The molecule has 0 bridgehead atoms. The SMILES string of the molecule is CCB1OCC(C2OC(=O)C(OC(=O)C(F)(F)F)C2OC(=O)C(F)(F)F)O1. The van der Waals surface area contributed by atoms with E-state index in [0.717, 1.165) is 0 Å². The molecule has 27 heavy (non-hydrogen) atoms. The van der Waals surface area contributed by atoms with Crippen LogP contribution in [0.4, 0.5) is 26.3 Å². The molecule has 2 rings (SSSR count). The molecule has 15 heteroatoms. The van der Waals surface area contributed by atoms with E-state index in [4.69, 9.17) is 9.31 Å². The van der Waals surface area contributed by atoms with Gasteiger partial charge in [0.15, 0.2) is 12.2 Å². The van der Waals surface area contributed by atoms with Gasteiger partial charge in [0.1, 0.15) is 6.10 Å². The van der Waals surface area contributed by atoms with Crippen LogP contribution in [0.1, 0.15) is 6.92 Å². The summed E-state index contributed by atoms with van der Waals surface area (Å²) in [5, 5.41) is 0. The molecule has 152 valence electrons.